The number of anilines is 1. The average Bonchev–Trinajstić information content (AvgIpc) is 2.81. The molecule has 0 spiro atoms. The lowest BCUT2D eigenvalue weighted by atomic mass is 10.0. The van der Waals surface area contributed by atoms with E-state index in [0.717, 1.165) is 58.2 Å². The number of pyridine rings is 1. The number of hydrogen-bond acceptors (Lipinski definition) is 6. The van der Waals surface area contributed by atoms with Crippen LogP contribution in [0.3, 0.4) is 0 Å². The van der Waals surface area contributed by atoms with Gasteiger partial charge in [-0.2, -0.15) is 0 Å². The molecule has 1 unspecified atom stereocenters. The molecular weight excluding hydrogens is 376 g/mol. The number of hydrogen-bond donors (Lipinski definition) is 2. The van der Waals surface area contributed by atoms with Gasteiger partial charge < -0.3 is 20.4 Å². The first kappa shape index (κ1) is 20.8. The van der Waals surface area contributed by atoms with Gasteiger partial charge in [-0.1, -0.05) is 30.3 Å². The van der Waals surface area contributed by atoms with E-state index in [1.807, 2.05) is 18.2 Å². The predicted octanol–water partition coefficient (Wildman–Crippen LogP) is 1.21. The Balaban J connectivity index is 1.37. The molecule has 2 fully saturated rings. The highest BCUT2D eigenvalue weighted by Crippen LogP contribution is 2.23. The van der Waals surface area contributed by atoms with Gasteiger partial charge in [-0.3, -0.25) is 9.69 Å². The molecule has 2 aromatic rings. The van der Waals surface area contributed by atoms with Crippen molar-refractivity contribution >= 4 is 11.7 Å². The second-order valence-corrected chi connectivity index (χ2v) is 8.14. The molecular formula is C23H32N6O. The molecule has 3 heterocycles. The number of amides is 1. The molecule has 1 aromatic carbocycles. The third-order valence-electron chi connectivity index (χ3n) is 6.02. The van der Waals surface area contributed by atoms with E-state index in [4.69, 9.17) is 0 Å². The van der Waals surface area contributed by atoms with Crippen molar-refractivity contribution in [3.8, 4) is 0 Å². The van der Waals surface area contributed by atoms with E-state index in [2.05, 4.69) is 61.6 Å². The monoisotopic (exact) mass is 408 g/mol. The summed E-state index contributed by atoms with van der Waals surface area (Å²) in [5.74, 6) is 0.735. The molecule has 2 saturated heterocycles. The summed E-state index contributed by atoms with van der Waals surface area (Å²) in [4.78, 5) is 24.5. The highest BCUT2D eigenvalue weighted by atomic mass is 16.1. The van der Waals surface area contributed by atoms with Crippen LogP contribution in [0.5, 0.6) is 0 Å². The van der Waals surface area contributed by atoms with E-state index in [0.29, 0.717) is 12.1 Å². The summed E-state index contributed by atoms with van der Waals surface area (Å²) in [6.07, 6.45) is 1.77. The molecule has 7 heteroatoms. The summed E-state index contributed by atoms with van der Waals surface area (Å²) < 4.78 is 0. The highest BCUT2D eigenvalue weighted by Gasteiger charge is 2.25. The van der Waals surface area contributed by atoms with E-state index < -0.39 is 0 Å². The smallest absolute Gasteiger partial charge is 0.255 e. The SMILES string of the molecule is CN1CCN(CCNC(=O)c2cccnc2N2CCNC(c3ccccc3)C2)CC1. The summed E-state index contributed by atoms with van der Waals surface area (Å²) >= 11 is 0. The summed E-state index contributed by atoms with van der Waals surface area (Å²) in [5, 5.41) is 6.68. The normalized spacial score (nSPS) is 20.8. The average molecular weight is 409 g/mol. The van der Waals surface area contributed by atoms with Gasteiger partial charge in [0.1, 0.15) is 5.82 Å². The molecule has 4 rings (SSSR count). The standard InChI is InChI=1S/C23H32N6O/c1-27-14-16-28(17-15-27)12-10-26-23(30)20-8-5-9-25-22(20)29-13-11-24-21(18-29)19-6-3-2-4-7-19/h2-9,21,24H,10-18H2,1H3,(H,26,30). The molecule has 7 nitrogen and oxygen atoms in total. The minimum Gasteiger partial charge on any atom is -0.353 e. The quantitative estimate of drug-likeness (QED) is 0.749. The zero-order valence-corrected chi connectivity index (χ0v) is 17.8. The Bertz CT molecular complexity index is 821. The summed E-state index contributed by atoms with van der Waals surface area (Å²) in [5.41, 5.74) is 1.92. The van der Waals surface area contributed by atoms with Crippen LogP contribution in [0.1, 0.15) is 22.0 Å². The zero-order chi connectivity index (χ0) is 20.8. The molecule has 2 N–H and O–H groups in total. The number of rotatable bonds is 6. The topological polar surface area (TPSA) is 63.7 Å². The van der Waals surface area contributed by atoms with Crippen LogP contribution in [0.25, 0.3) is 0 Å². The second kappa shape index (κ2) is 10.0. The summed E-state index contributed by atoms with van der Waals surface area (Å²) in [6, 6.07) is 14.4. The fourth-order valence-corrected chi connectivity index (χ4v) is 4.17. The Kier molecular flexibility index (Phi) is 6.94. The van der Waals surface area contributed by atoms with Gasteiger partial charge in [-0.05, 0) is 24.7 Å². The molecule has 160 valence electrons. The Morgan fingerprint density at radius 2 is 1.90 bits per heavy atom. The maximum Gasteiger partial charge on any atom is 0.255 e. The number of nitrogens with zero attached hydrogens (tertiary/aromatic N) is 4. The van der Waals surface area contributed by atoms with Crippen molar-refractivity contribution in [2.75, 3.05) is 70.9 Å². The number of carbonyl (C=O) groups is 1. The number of nitrogens with one attached hydrogen (secondary N) is 2. The van der Waals surface area contributed by atoms with Crippen molar-refractivity contribution in [3.63, 3.8) is 0 Å². The summed E-state index contributed by atoms with van der Waals surface area (Å²) in [6.45, 7) is 8.34. The van der Waals surface area contributed by atoms with Crippen LogP contribution in [0.15, 0.2) is 48.7 Å². The number of carbonyl (C=O) groups excluding carboxylic acids is 1. The van der Waals surface area contributed by atoms with E-state index in [1.54, 1.807) is 6.20 Å². The van der Waals surface area contributed by atoms with Crippen LogP contribution in [0.4, 0.5) is 5.82 Å². The molecule has 0 radical (unpaired) electrons. The molecule has 1 aromatic heterocycles. The van der Waals surface area contributed by atoms with Crippen molar-refractivity contribution in [1.82, 2.24) is 25.4 Å². The molecule has 30 heavy (non-hydrogen) atoms. The van der Waals surface area contributed by atoms with Gasteiger partial charge in [0, 0.05) is 71.1 Å². The molecule has 0 saturated carbocycles. The van der Waals surface area contributed by atoms with Crippen molar-refractivity contribution < 1.29 is 4.79 Å². The Labute approximate surface area is 179 Å². The van der Waals surface area contributed by atoms with E-state index >= 15 is 0 Å². The lowest BCUT2D eigenvalue weighted by Crippen LogP contribution is -2.47. The van der Waals surface area contributed by atoms with Gasteiger partial charge in [0.05, 0.1) is 5.56 Å². The molecule has 1 amide bonds. The van der Waals surface area contributed by atoms with Crippen LogP contribution in [0, 0.1) is 0 Å². The molecule has 0 bridgehead atoms. The first-order chi connectivity index (χ1) is 14.7. The molecule has 2 aliphatic heterocycles. The van der Waals surface area contributed by atoms with Crippen molar-refractivity contribution in [3.05, 3.63) is 59.8 Å². The van der Waals surface area contributed by atoms with Crippen LogP contribution >= 0.6 is 0 Å². The first-order valence-electron chi connectivity index (χ1n) is 10.9. The summed E-state index contributed by atoms with van der Waals surface area (Å²) in [7, 11) is 2.15. The van der Waals surface area contributed by atoms with Gasteiger partial charge in [0.2, 0.25) is 0 Å². The van der Waals surface area contributed by atoms with E-state index in [-0.39, 0.29) is 11.9 Å². The number of piperazine rings is 2. The van der Waals surface area contributed by atoms with Gasteiger partial charge in [0.15, 0.2) is 0 Å². The third-order valence-corrected chi connectivity index (χ3v) is 6.02. The molecule has 2 aliphatic rings. The van der Waals surface area contributed by atoms with Crippen molar-refractivity contribution in [1.29, 1.82) is 0 Å². The molecule has 1 atom stereocenters. The largest absolute Gasteiger partial charge is 0.353 e. The van der Waals surface area contributed by atoms with Gasteiger partial charge >= 0.3 is 0 Å². The maximum atomic E-state index is 12.9. The van der Waals surface area contributed by atoms with E-state index in [1.165, 1.54) is 5.56 Å². The lowest BCUT2D eigenvalue weighted by molar-refractivity contribution is 0.0941. The fourth-order valence-electron chi connectivity index (χ4n) is 4.17. The van der Waals surface area contributed by atoms with Crippen LogP contribution in [0.2, 0.25) is 0 Å². The van der Waals surface area contributed by atoms with E-state index in [9.17, 15) is 4.79 Å². The number of benzene rings is 1. The fraction of sp³-hybridized carbons (Fsp3) is 0.478. The lowest BCUT2D eigenvalue weighted by Gasteiger charge is -2.35. The Morgan fingerprint density at radius 3 is 2.70 bits per heavy atom. The van der Waals surface area contributed by atoms with Crippen LogP contribution in [-0.2, 0) is 0 Å². The van der Waals surface area contributed by atoms with Gasteiger partial charge in [0.25, 0.3) is 5.91 Å². The predicted molar refractivity (Wildman–Crippen MR) is 120 cm³/mol. The van der Waals surface area contributed by atoms with Crippen molar-refractivity contribution in [2.24, 2.45) is 0 Å². The molecule has 0 aliphatic carbocycles. The highest BCUT2D eigenvalue weighted by molar-refractivity contribution is 5.98. The third kappa shape index (κ3) is 5.16. The Morgan fingerprint density at radius 1 is 1.10 bits per heavy atom. The van der Waals surface area contributed by atoms with Crippen LogP contribution in [-0.4, -0.2) is 86.6 Å². The first-order valence-corrected chi connectivity index (χ1v) is 10.9. The second-order valence-electron chi connectivity index (χ2n) is 8.14. The minimum absolute atomic E-state index is 0.0398. The Hall–Kier alpha value is -2.48. The van der Waals surface area contributed by atoms with Gasteiger partial charge in [-0.25, -0.2) is 4.98 Å². The van der Waals surface area contributed by atoms with Gasteiger partial charge in [-0.15, -0.1) is 0 Å². The number of aromatic nitrogens is 1. The van der Waals surface area contributed by atoms with Crippen LogP contribution < -0.4 is 15.5 Å². The van der Waals surface area contributed by atoms with Crippen molar-refractivity contribution in [2.45, 2.75) is 6.04 Å². The minimum atomic E-state index is -0.0398. The number of likely N-dealkylation sites (N-methyl/N-ethyl adjacent to an activating group) is 1. The maximum absolute atomic E-state index is 12.9. The zero-order valence-electron chi connectivity index (χ0n) is 17.8.